The van der Waals surface area contributed by atoms with Gasteiger partial charge in [-0.3, -0.25) is 4.79 Å². The quantitative estimate of drug-likeness (QED) is 0.812. The molecule has 0 heterocycles. The van der Waals surface area contributed by atoms with E-state index in [4.69, 9.17) is 4.74 Å². The monoisotopic (exact) mass is 246 g/mol. The summed E-state index contributed by atoms with van der Waals surface area (Å²) in [6.07, 6.45) is 2.45. The molecule has 0 amide bonds. The smallest absolute Gasteiger partial charge is 0.314 e. The third-order valence-electron chi connectivity index (χ3n) is 3.51. The van der Waals surface area contributed by atoms with E-state index in [-0.39, 0.29) is 0 Å². The molecule has 0 atom stereocenters. The molecular formula is C15H18O3. The number of hydrogen-bond donors (Lipinski definition) is 1. The topological polar surface area (TPSA) is 46.5 Å². The summed E-state index contributed by atoms with van der Waals surface area (Å²) in [5.74, 6) is 0.0333. The Kier molecular flexibility index (Phi) is 3.41. The van der Waals surface area contributed by atoms with E-state index in [0.717, 1.165) is 36.1 Å². The van der Waals surface area contributed by atoms with Gasteiger partial charge in [0.25, 0.3) is 0 Å². The highest BCUT2D eigenvalue weighted by Gasteiger charge is 2.45. The van der Waals surface area contributed by atoms with E-state index in [9.17, 15) is 9.90 Å². The maximum atomic E-state index is 11.4. The molecule has 0 aliphatic heterocycles. The molecule has 0 radical (unpaired) electrons. The van der Waals surface area contributed by atoms with Gasteiger partial charge in [0.2, 0.25) is 0 Å². The Morgan fingerprint density at radius 3 is 2.39 bits per heavy atom. The van der Waals surface area contributed by atoms with Crippen LogP contribution < -0.4 is 4.74 Å². The summed E-state index contributed by atoms with van der Waals surface area (Å²) in [7, 11) is 0. The highest BCUT2D eigenvalue weighted by Crippen LogP contribution is 2.44. The molecule has 2 rings (SSSR count). The van der Waals surface area contributed by atoms with Gasteiger partial charge in [0, 0.05) is 0 Å². The number of benzene rings is 1. The second-order valence-electron chi connectivity index (χ2n) is 5.01. The highest BCUT2D eigenvalue weighted by molar-refractivity contribution is 5.82. The molecule has 0 aromatic heterocycles. The van der Waals surface area contributed by atoms with E-state index in [0.29, 0.717) is 6.61 Å². The summed E-state index contributed by atoms with van der Waals surface area (Å²) in [6.45, 7) is 6.16. The predicted octanol–water partition coefficient (Wildman–Crippen LogP) is 3.15. The van der Waals surface area contributed by atoms with Crippen LogP contribution >= 0.6 is 0 Å². The van der Waals surface area contributed by atoms with E-state index in [1.807, 2.05) is 31.2 Å². The van der Waals surface area contributed by atoms with Crippen molar-refractivity contribution in [3.63, 3.8) is 0 Å². The van der Waals surface area contributed by atoms with Crippen molar-refractivity contribution in [2.75, 3.05) is 6.61 Å². The number of aliphatic carboxylic acids is 1. The fourth-order valence-corrected chi connectivity index (χ4v) is 2.23. The van der Waals surface area contributed by atoms with Gasteiger partial charge < -0.3 is 9.84 Å². The van der Waals surface area contributed by atoms with Gasteiger partial charge in [-0.2, -0.15) is 0 Å². The maximum absolute atomic E-state index is 11.4. The van der Waals surface area contributed by atoms with Crippen LogP contribution in [0.3, 0.4) is 0 Å². The number of carbonyl (C=O) groups is 1. The van der Waals surface area contributed by atoms with Crippen molar-refractivity contribution in [1.82, 2.24) is 0 Å². The fraction of sp³-hybridized carbons (Fsp3) is 0.400. The minimum absolute atomic E-state index is 0.490. The Bertz CT molecular complexity index is 455. The predicted molar refractivity (Wildman–Crippen MR) is 69.9 cm³/mol. The summed E-state index contributed by atoms with van der Waals surface area (Å²) in [5.41, 5.74) is 1.18. The van der Waals surface area contributed by atoms with Gasteiger partial charge in [-0.25, -0.2) is 0 Å². The number of hydrogen-bond acceptors (Lipinski definition) is 2. The lowest BCUT2D eigenvalue weighted by Gasteiger charge is -2.38. The standard InChI is InChI=1S/C15H18O3/c1-11(2)10-18-13-6-4-12(5-7-13)15(14(16)17)8-3-9-15/h4-7H,1,3,8-10H2,2H3,(H,16,17). The van der Waals surface area contributed by atoms with Crippen LogP contribution in [0.5, 0.6) is 5.75 Å². The van der Waals surface area contributed by atoms with Gasteiger partial charge in [-0.15, -0.1) is 0 Å². The van der Waals surface area contributed by atoms with Crippen LogP contribution in [0.4, 0.5) is 0 Å². The number of carboxylic acid groups (broad SMARTS) is 1. The van der Waals surface area contributed by atoms with E-state index >= 15 is 0 Å². The molecular weight excluding hydrogens is 228 g/mol. The molecule has 1 N–H and O–H groups in total. The SMILES string of the molecule is C=C(C)COc1ccc(C2(C(=O)O)CCC2)cc1. The molecule has 0 unspecified atom stereocenters. The molecule has 96 valence electrons. The van der Waals surface area contributed by atoms with Gasteiger partial charge in [-0.1, -0.05) is 25.1 Å². The molecule has 1 saturated carbocycles. The molecule has 3 nitrogen and oxygen atoms in total. The summed E-state index contributed by atoms with van der Waals surface area (Å²) in [4.78, 5) is 11.4. The zero-order chi connectivity index (χ0) is 13.2. The van der Waals surface area contributed by atoms with Crippen LogP contribution in [-0.2, 0) is 10.2 Å². The van der Waals surface area contributed by atoms with E-state index < -0.39 is 11.4 Å². The zero-order valence-corrected chi connectivity index (χ0v) is 10.6. The van der Waals surface area contributed by atoms with Crippen molar-refractivity contribution in [1.29, 1.82) is 0 Å². The summed E-state index contributed by atoms with van der Waals surface area (Å²) < 4.78 is 5.50. The first-order valence-electron chi connectivity index (χ1n) is 6.16. The number of carboxylic acids is 1. The lowest BCUT2D eigenvalue weighted by molar-refractivity contribution is -0.147. The van der Waals surface area contributed by atoms with Crippen LogP contribution in [0.25, 0.3) is 0 Å². The average molecular weight is 246 g/mol. The van der Waals surface area contributed by atoms with Crippen molar-refractivity contribution in [2.45, 2.75) is 31.6 Å². The van der Waals surface area contributed by atoms with Gasteiger partial charge in [0.05, 0.1) is 5.41 Å². The first-order valence-corrected chi connectivity index (χ1v) is 6.16. The summed E-state index contributed by atoms with van der Waals surface area (Å²) in [6, 6.07) is 7.39. The number of rotatable bonds is 5. The minimum Gasteiger partial charge on any atom is -0.489 e. The summed E-state index contributed by atoms with van der Waals surface area (Å²) >= 11 is 0. The highest BCUT2D eigenvalue weighted by atomic mass is 16.5. The first-order chi connectivity index (χ1) is 8.54. The molecule has 1 aliphatic carbocycles. The van der Waals surface area contributed by atoms with Crippen molar-refractivity contribution in [2.24, 2.45) is 0 Å². The van der Waals surface area contributed by atoms with Crippen LogP contribution in [0.2, 0.25) is 0 Å². The van der Waals surface area contributed by atoms with Crippen molar-refractivity contribution in [3.05, 3.63) is 42.0 Å². The third-order valence-corrected chi connectivity index (χ3v) is 3.51. The molecule has 0 spiro atoms. The molecule has 1 fully saturated rings. The maximum Gasteiger partial charge on any atom is 0.314 e. The van der Waals surface area contributed by atoms with E-state index in [2.05, 4.69) is 6.58 Å². The zero-order valence-electron chi connectivity index (χ0n) is 10.6. The third kappa shape index (κ3) is 2.26. The fourth-order valence-electron chi connectivity index (χ4n) is 2.23. The van der Waals surface area contributed by atoms with Crippen molar-refractivity contribution in [3.8, 4) is 5.75 Å². The minimum atomic E-state index is -0.718. The van der Waals surface area contributed by atoms with Gasteiger partial charge in [0.1, 0.15) is 12.4 Å². The normalized spacial score (nSPS) is 16.7. The second-order valence-corrected chi connectivity index (χ2v) is 5.01. The lowest BCUT2D eigenvalue weighted by atomic mass is 9.64. The average Bonchev–Trinajstić information content (AvgIpc) is 2.26. The molecule has 1 aromatic rings. The van der Waals surface area contributed by atoms with E-state index in [1.54, 1.807) is 0 Å². The Labute approximate surface area is 107 Å². The van der Waals surface area contributed by atoms with Crippen LogP contribution in [0.15, 0.2) is 36.4 Å². The molecule has 18 heavy (non-hydrogen) atoms. The van der Waals surface area contributed by atoms with Gasteiger partial charge >= 0.3 is 5.97 Å². The Balaban J connectivity index is 2.12. The van der Waals surface area contributed by atoms with Crippen molar-refractivity contribution < 1.29 is 14.6 Å². The molecule has 3 heteroatoms. The lowest BCUT2D eigenvalue weighted by Crippen LogP contribution is -2.42. The molecule has 0 bridgehead atoms. The van der Waals surface area contributed by atoms with Gasteiger partial charge in [-0.05, 0) is 43.0 Å². The molecule has 1 aliphatic rings. The molecule has 1 aromatic carbocycles. The van der Waals surface area contributed by atoms with E-state index in [1.165, 1.54) is 0 Å². The Morgan fingerprint density at radius 1 is 1.39 bits per heavy atom. The summed E-state index contributed by atoms with van der Waals surface area (Å²) in [5, 5.41) is 9.34. The Morgan fingerprint density at radius 2 is 2.00 bits per heavy atom. The van der Waals surface area contributed by atoms with Gasteiger partial charge in [0.15, 0.2) is 0 Å². The largest absolute Gasteiger partial charge is 0.489 e. The second kappa shape index (κ2) is 4.84. The Hall–Kier alpha value is -1.77. The van der Waals surface area contributed by atoms with Crippen LogP contribution in [0.1, 0.15) is 31.7 Å². The molecule has 0 saturated heterocycles. The van der Waals surface area contributed by atoms with Crippen molar-refractivity contribution >= 4 is 5.97 Å². The number of ether oxygens (including phenoxy) is 1. The first kappa shape index (κ1) is 12.7. The van der Waals surface area contributed by atoms with Crippen LogP contribution in [-0.4, -0.2) is 17.7 Å². The van der Waals surface area contributed by atoms with Crippen LogP contribution in [0, 0.1) is 0 Å².